The lowest BCUT2D eigenvalue weighted by molar-refractivity contribution is 0.0996. The number of halogens is 1. The zero-order chi connectivity index (χ0) is 23.0. The van der Waals surface area contributed by atoms with Gasteiger partial charge in [-0.25, -0.2) is 4.39 Å². The lowest BCUT2D eigenvalue weighted by Gasteiger charge is -2.41. The van der Waals surface area contributed by atoms with Crippen molar-refractivity contribution < 1.29 is 9.18 Å². The Balaban J connectivity index is 1.49. The number of nitrogens with two attached hydrogens (primary N) is 2. The number of aromatic nitrogens is 2. The van der Waals surface area contributed by atoms with Crippen LogP contribution in [0.5, 0.6) is 0 Å². The summed E-state index contributed by atoms with van der Waals surface area (Å²) in [5.41, 5.74) is 14.6. The normalized spacial score (nSPS) is 17.1. The second-order valence-corrected chi connectivity index (χ2v) is 8.24. The number of nitrogens with zero attached hydrogens (tertiary/aromatic N) is 3. The molecule has 168 valence electrons. The minimum absolute atomic E-state index is 0.0592. The smallest absolute Gasteiger partial charge is 0.251 e. The first kappa shape index (κ1) is 21.8. The van der Waals surface area contributed by atoms with E-state index in [4.69, 9.17) is 11.5 Å². The van der Waals surface area contributed by atoms with Crippen molar-refractivity contribution in [2.75, 3.05) is 30.3 Å². The van der Waals surface area contributed by atoms with Gasteiger partial charge in [-0.1, -0.05) is 6.92 Å². The molecular weight excluding hydrogens is 411 g/mol. The number of anilines is 2. The number of rotatable bonds is 5. The summed E-state index contributed by atoms with van der Waals surface area (Å²) in [6.45, 7) is 6.77. The number of carbonyl (C=O) groups is 1. The number of aromatic amines is 1. The van der Waals surface area contributed by atoms with E-state index in [2.05, 4.69) is 21.8 Å². The fraction of sp³-hybridized carbons (Fsp3) is 0.348. The summed E-state index contributed by atoms with van der Waals surface area (Å²) < 4.78 is 14.4. The second-order valence-electron chi connectivity index (χ2n) is 8.24. The third-order valence-electron chi connectivity index (χ3n) is 6.12. The molecule has 0 radical (unpaired) electrons. The number of primary amides is 1. The average molecular weight is 439 g/mol. The van der Waals surface area contributed by atoms with Gasteiger partial charge < -0.3 is 21.4 Å². The summed E-state index contributed by atoms with van der Waals surface area (Å²) in [7, 11) is 0. The molecule has 0 spiro atoms. The van der Waals surface area contributed by atoms with Crippen molar-refractivity contribution in [3.8, 4) is 0 Å². The highest BCUT2D eigenvalue weighted by Crippen LogP contribution is 2.30. The fourth-order valence-electron chi connectivity index (χ4n) is 4.25. The van der Waals surface area contributed by atoms with Crippen molar-refractivity contribution in [3.05, 3.63) is 63.3 Å². The first-order valence-electron chi connectivity index (χ1n) is 10.7. The number of H-pyrrole nitrogens is 1. The molecule has 2 aromatic heterocycles. The molecule has 0 unspecified atom stereocenters. The van der Waals surface area contributed by atoms with Gasteiger partial charge in [0.2, 0.25) is 0 Å². The maximum absolute atomic E-state index is 14.4. The Labute approximate surface area is 185 Å². The number of benzene rings is 1. The van der Waals surface area contributed by atoms with Gasteiger partial charge in [-0.05, 0) is 43.2 Å². The Morgan fingerprint density at radius 2 is 2.09 bits per heavy atom. The summed E-state index contributed by atoms with van der Waals surface area (Å²) in [6, 6.07) is 7.00. The number of piperazine rings is 1. The molecular formula is C23H27FN6O2. The molecule has 4 rings (SSSR count). The highest BCUT2D eigenvalue weighted by molar-refractivity contribution is 5.95. The number of hydrogen-bond acceptors (Lipinski definition) is 6. The second kappa shape index (κ2) is 8.58. The molecule has 0 bridgehead atoms. The third kappa shape index (κ3) is 4.03. The van der Waals surface area contributed by atoms with Gasteiger partial charge in [-0.3, -0.25) is 19.5 Å². The van der Waals surface area contributed by atoms with Gasteiger partial charge in [0, 0.05) is 44.0 Å². The largest absolute Gasteiger partial charge is 0.395 e. The minimum Gasteiger partial charge on any atom is -0.395 e. The van der Waals surface area contributed by atoms with Crippen LogP contribution in [-0.2, 0) is 13.0 Å². The van der Waals surface area contributed by atoms with Gasteiger partial charge in [0.25, 0.3) is 11.5 Å². The van der Waals surface area contributed by atoms with E-state index < -0.39 is 11.7 Å². The molecule has 0 aliphatic carbocycles. The van der Waals surface area contributed by atoms with Crippen LogP contribution in [0.2, 0.25) is 0 Å². The van der Waals surface area contributed by atoms with Crippen LogP contribution in [0.3, 0.4) is 0 Å². The topological polar surface area (TPSA) is 121 Å². The highest BCUT2D eigenvalue weighted by Gasteiger charge is 2.26. The molecule has 1 amide bonds. The van der Waals surface area contributed by atoms with Gasteiger partial charge in [0.1, 0.15) is 0 Å². The molecule has 1 fully saturated rings. The molecule has 1 saturated heterocycles. The molecule has 3 aromatic rings. The van der Waals surface area contributed by atoms with E-state index >= 15 is 0 Å². The van der Waals surface area contributed by atoms with Crippen molar-refractivity contribution in [1.82, 2.24) is 14.9 Å². The molecule has 1 aliphatic heterocycles. The number of fused-ring (bicyclic) bond motifs is 1. The Hall–Kier alpha value is -3.46. The number of amides is 1. The summed E-state index contributed by atoms with van der Waals surface area (Å²) in [6.07, 6.45) is 2.51. The lowest BCUT2D eigenvalue weighted by Crippen LogP contribution is -2.51. The van der Waals surface area contributed by atoms with Crippen molar-refractivity contribution in [3.63, 3.8) is 0 Å². The van der Waals surface area contributed by atoms with Crippen molar-refractivity contribution in [2.45, 2.75) is 32.9 Å². The van der Waals surface area contributed by atoms with E-state index in [-0.39, 0.29) is 22.9 Å². The van der Waals surface area contributed by atoms with Crippen LogP contribution in [0.4, 0.5) is 15.8 Å². The fourth-order valence-corrected chi connectivity index (χ4v) is 4.25. The van der Waals surface area contributed by atoms with Crippen LogP contribution in [-0.4, -0.2) is 46.5 Å². The number of nitrogens with one attached hydrogen (secondary N) is 1. The molecule has 1 aliphatic rings. The molecule has 0 saturated carbocycles. The van der Waals surface area contributed by atoms with Crippen LogP contribution in [0.1, 0.15) is 35.3 Å². The van der Waals surface area contributed by atoms with E-state index in [1.807, 2.05) is 30.2 Å². The first-order chi connectivity index (χ1) is 15.3. The van der Waals surface area contributed by atoms with Gasteiger partial charge >= 0.3 is 0 Å². The molecule has 9 heteroatoms. The Morgan fingerprint density at radius 3 is 2.78 bits per heavy atom. The molecule has 3 heterocycles. The minimum atomic E-state index is -0.838. The van der Waals surface area contributed by atoms with Crippen molar-refractivity contribution in [1.29, 1.82) is 0 Å². The monoisotopic (exact) mass is 438 g/mol. The summed E-state index contributed by atoms with van der Waals surface area (Å²) in [5, 5.41) is 0. The van der Waals surface area contributed by atoms with Gasteiger partial charge in [0.15, 0.2) is 5.82 Å². The zero-order valence-electron chi connectivity index (χ0n) is 18.2. The van der Waals surface area contributed by atoms with Crippen LogP contribution in [0.15, 0.2) is 35.3 Å². The van der Waals surface area contributed by atoms with Gasteiger partial charge in [-0.15, -0.1) is 0 Å². The zero-order valence-corrected chi connectivity index (χ0v) is 18.2. The first-order valence-corrected chi connectivity index (χ1v) is 10.7. The van der Waals surface area contributed by atoms with E-state index in [0.717, 1.165) is 28.7 Å². The summed E-state index contributed by atoms with van der Waals surface area (Å²) in [5.74, 6) is -1.61. The molecule has 1 aromatic carbocycles. The van der Waals surface area contributed by atoms with Crippen LogP contribution in [0, 0.1) is 5.82 Å². The predicted molar refractivity (Wildman–Crippen MR) is 123 cm³/mol. The number of nitrogen functional groups attached to an aromatic ring is 1. The van der Waals surface area contributed by atoms with E-state index in [1.54, 1.807) is 6.07 Å². The quantitative estimate of drug-likeness (QED) is 0.524. The Bertz CT molecular complexity index is 1240. The van der Waals surface area contributed by atoms with Crippen molar-refractivity contribution >= 4 is 28.3 Å². The van der Waals surface area contributed by atoms with Crippen LogP contribution >= 0.6 is 0 Å². The van der Waals surface area contributed by atoms with E-state index in [1.165, 1.54) is 6.07 Å². The number of carbonyl (C=O) groups excluding carboxylic acids is 1. The number of hydrogen-bond donors (Lipinski definition) is 3. The summed E-state index contributed by atoms with van der Waals surface area (Å²) in [4.78, 5) is 35.3. The number of pyridine rings is 2. The van der Waals surface area contributed by atoms with E-state index in [9.17, 15) is 14.0 Å². The maximum atomic E-state index is 14.4. The number of aryl methyl sites for hydroxylation is 1. The SMILES string of the molecule is CCc1cc2ncc(CN3CCN(c4ccc(C(N)=O)c(F)c4N)C[C@H]3C)cc2[nH]c1=O. The van der Waals surface area contributed by atoms with Gasteiger partial charge in [0.05, 0.1) is 28.0 Å². The maximum Gasteiger partial charge on any atom is 0.251 e. The molecule has 8 nitrogen and oxygen atoms in total. The molecule has 5 N–H and O–H groups in total. The van der Waals surface area contributed by atoms with E-state index in [0.29, 0.717) is 31.7 Å². The van der Waals surface area contributed by atoms with Gasteiger partial charge in [-0.2, -0.15) is 0 Å². The average Bonchev–Trinajstić information content (AvgIpc) is 2.76. The Kier molecular flexibility index (Phi) is 5.84. The highest BCUT2D eigenvalue weighted by atomic mass is 19.1. The Morgan fingerprint density at radius 1 is 1.31 bits per heavy atom. The van der Waals surface area contributed by atoms with Crippen LogP contribution < -0.4 is 21.9 Å². The summed E-state index contributed by atoms with van der Waals surface area (Å²) >= 11 is 0. The standard InChI is InChI=1S/C23H27FN6O2/c1-3-15-9-17-18(28-23(15)32)8-14(10-27-17)12-29-6-7-30(11-13(29)2)19-5-4-16(22(26)31)20(24)21(19)25/h4-5,8-10,13H,3,6-7,11-12,25H2,1-2H3,(H2,26,31)(H,28,32)/t13-/m1/s1. The van der Waals surface area contributed by atoms with Crippen LogP contribution in [0.25, 0.3) is 11.0 Å². The molecule has 1 atom stereocenters. The predicted octanol–water partition coefficient (Wildman–Crippen LogP) is 2.02. The third-order valence-corrected chi connectivity index (χ3v) is 6.12. The molecule has 32 heavy (non-hydrogen) atoms. The van der Waals surface area contributed by atoms with Crippen molar-refractivity contribution in [2.24, 2.45) is 5.73 Å². The lowest BCUT2D eigenvalue weighted by atomic mass is 10.1.